The van der Waals surface area contributed by atoms with Crippen LogP contribution in [0.15, 0.2) is 42.5 Å². The number of carbonyl (C=O) groups excluding carboxylic acids is 1. The average Bonchev–Trinajstić information content (AvgIpc) is 2.87. The molecule has 0 fully saturated rings. The maximum absolute atomic E-state index is 11.8. The number of methoxy groups -OCH3 is 1. The molecule has 0 spiro atoms. The second kappa shape index (κ2) is 5.89. The highest BCUT2D eigenvalue weighted by molar-refractivity contribution is 6.30. The molecule has 4 nitrogen and oxygen atoms in total. The number of hydrogen-bond acceptors (Lipinski definition) is 3. The lowest BCUT2D eigenvalue weighted by Gasteiger charge is -2.26. The van der Waals surface area contributed by atoms with Gasteiger partial charge in [0.05, 0.1) is 7.11 Å². The summed E-state index contributed by atoms with van der Waals surface area (Å²) in [5.41, 5.74) is 8.68. The number of carbonyl (C=O) groups is 1. The maximum atomic E-state index is 11.8. The largest absolute Gasteiger partial charge is 0.496 e. The summed E-state index contributed by atoms with van der Waals surface area (Å²) < 4.78 is 5.39. The molecule has 0 unspecified atom stereocenters. The van der Waals surface area contributed by atoms with E-state index in [1.54, 1.807) is 13.2 Å². The minimum Gasteiger partial charge on any atom is -0.496 e. The Morgan fingerprint density at radius 1 is 1.36 bits per heavy atom. The van der Waals surface area contributed by atoms with Crippen molar-refractivity contribution in [2.75, 3.05) is 12.0 Å². The van der Waals surface area contributed by atoms with E-state index in [-0.39, 0.29) is 11.9 Å². The van der Waals surface area contributed by atoms with E-state index in [4.69, 9.17) is 22.1 Å². The van der Waals surface area contributed by atoms with Gasteiger partial charge in [0.15, 0.2) is 0 Å². The van der Waals surface area contributed by atoms with E-state index >= 15 is 0 Å². The first-order chi connectivity index (χ1) is 10.6. The van der Waals surface area contributed by atoms with Crippen molar-refractivity contribution in [3.63, 3.8) is 0 Å². The van der Waals surface area contributed by atoms with Crippen LogP contribution in [0.3, 0.4) is 0 Å². The molecule has 3 rings (SSSR count). The predicted octanol–water partition coefficient (Wildman–Crippen LogP) is 2.77. The van der Waals surface area contributed by atoms with Crippen LogP contribution in [0.2, 0.25) is 5.02 Å². The summed E-state index contributed by atoms with van der Waals surface area (Å²) in [6, 6.07) is 13.1. The number of benzene rings is 2. The fourth-order valence-corrected chi connectivity index (χ4v) is 3.15. The Balaban J connectivity index is 1.99. The summed E-state index contributed by atoms with van der Waals surface area (Å²) in [7, 11) is 1.62. The zero-order valence-electron chi connectivity index (χ0n) is 12.3. The van der Waals surface area contributed by atoms with Crippen LogP contribution in [0.4, 0.5) is 5.69 Å². The number of ether oxygens (including phenoxy) is 1. The van der Waals surface area contributed by atoms with Gasteiger partial charge in [-0.2, -0.15) is 0 Å². The van der Waals surface area contributed by atoms with Crippen molar-refractivity contribution in [3.05, 3.63) is 58.6 Å². The van der Waals surface area contributed by atoms with E-state index in [1.807, 2.05) is 41.3 Å². The number of nitrogens with two attached hydrogens (primary N) is 1. The van der Waals surface area contributed by atoms with Gasteiger partial charge in [-0.1, -0.05) is 29.8 Å². The van der Waals surface area contributed by atoms with Crippen LogP contribution in [0.5, 0.6) is 5.75 Å². The topological polar surface area (TPSA) is 55.6 Å². The van der Waals surface area contributed by atoms with Crippen LogP contribution in [0.1, 0.15) is 11.1 Å². The molecular weight excluding hydrogens is 300 g/mol. The second-order valence-electron chi connectivity index (χ2n) is 5.34. The molecule has 5 heteroatoms. The summed E-state index contributed by atoms with van der Waals surface area (Å²) in [6.07, 6.45) is 0.633. The third kappa shape index (κ3) is 2.62. The molecule has 0 saturated heterocycles. The van der Waals surface area contributed by atoms with Gasteiger partial charge in [-0.25, -0.2) is 0 Å². The molecule has 0 aromatic heterocycles. The Kier molecular flexibility index (Phi) is 3.94. The number of rotatable bonds is 4. The van der Waals surface area contributed by atoms with Gasteiger partial charge in [-0.15, -0.1) is 0 Å². The fourth-order valence-electron chi connectivity index (χ4n) is 2.95. The van der Waals surface area contributed by atoms with Crippen LogP contribution < -0.4 is 15.4 Å². The van der Waals surface area contributed by atoms with E-state index in [0.717, 1.165) is 22.6 Å². The number of fused-ring (bicyclic) bond motifs is 1. The zero-order chi connectivity index (χ0) is 15.7. The number of anilines is 1. The molecule has 2 N–H and O–H groups in total. The SMILES string of the molecule is COc1ccc(Cl)cc1CN1c2ccccc2C[C@H]1C(N)=O. The third-order valence-electron chi connectivity index (χ3n) is 4.00. The van der Waals surface area contributed by atoms with Gasteiger partial charge in [-0.3, -0.25) is 4.79 Å². The van der Waals surface area contributed by atoms with E-state index in [1.165, 1.54) is 0 Å². The fraction of sp³-hybridized carbons (Fsp3) is 0.235. The monoisotopic (exact) mass is 316 g/mol. The summed E-state index contributed by atoms with van der Waals surface area (Å²) in [6.45, 7) is 0.522. The Hall–Kier alpha value is -2.20. The molecule has 1 aliphatic rings. The van der Waals surface area contributed by atoms with Crippen LogP contribution in [0.25, 0.3) is 0 Å². The smallest absolute Gasteiger partial charge is 0.240 e. The van der Waals surface area contributed by atoms with Gasteiger partial charge in [-0.05, 0) is 29.8 Å². The lowest BCUT2D eigenvalue weighted by atomic mass is 10.1. The highest BCUT2D eigenvalue weighted by atomic mass is 35.5. The minimum atomic E-state index is -0.346. The molecule has 0 bridgehead atoms. The molecule has 22 heavy (non-hydrogen) atoms. The number of nitrogens with zero attached hydrogens (tertiary/aromatic N) is 1. The lowest BCUT2D eigenvalue weighted by Crippen LogP contribution is -2.42. The van der Waals surface area contributed by atoms with E-state index in [2.05, 4.69) is 0 Å². The number of primary amides is 1. The average molecular weight is 317 g/mol. The van der Waals surface area contributed by atoms with Gasteiger partial charge >= 0.3 is 0 Å². The minimum absolute atomic E-state index is 0.322. The van der Waals surface area contributed by atoms with Crippen molar-refractivity contribution in [1.29, 1.82) is 0 Å². The number of para-hydroxylation sites is 1. The summed E-state index contributed by atoms with van der Waals surface area (Å²) in [5, 5.41) is 0.638. The molecule has 0 saturated carbocycles. The van der Waals surface area contributed by atoms with Gasteiger partial charge < -0.3 is 15.4 Å². The maximum Gasteiger partial charge on any atom is 0.240 e. The molecule has 2 aromatic carbocycles. The number of amides is 1. The standard InChI is InChI=1S/C17H17ClN2O2/c1-22-16-7-6-13(18)8-12(16)10-20-14-5-3-2-4-11(14)9-15(20)17(19)21/h2-8,15H,9-10H2,1H3,(H2,19,21)/t15-/m0/s1. The van der Waals surface area contributed by atoms with Crippen LogP contribution >= 0.6 is 11.6 Å². The molecule has 1 amide bonds. The Labute approximate surface area is 134 Å². The molecule has 1 heterocycles. The van der Waals surface area contributed by atoms with Gasteiger partial charge in [0.1, 0.15) is 11.8 Å². The Bertz CT molecular complexity index is 718. The first kappa shape index (κ1) is 14.7. The summed E-state index contributed by atoms with van der Waals surface area (Å²) >= 11 is 6.09. The molecular formula is C17H17ClN2O2. The summed E-state index contributed by atoms with van der Waals surface area (Å²) in [5.74, 6) is 0.425. The highest BCUT2D eigenvalue weighted by Gasteiger charge is 2.33. The zero-order valence-corrected chi connectivity index (χ0v) is 13.0. The molecule has 0 radical (unpaired) electrons. The highest BCUT2D eigenvalue weighted by Crippen LogP contribution is 2.35. The van der Waals surface area contributed by atoms with E-state index in [9.17, 15) is 4.79 Å². The van der Waals surface area contributed by atoms with Crippen molar-refractivity contribution in [3.8, 4) is 5.75 Å². The first-order valence-corrected chi connectivity index (χ1v) is 7.44. The van der Waals surface area contributed by atoms with Crippen molar-refractivity contribution >= 4 is 23.2 Å². The quantitative estimate of drug-likeness (QED) is 0.943. The van der Waals surface area contributed by atoms with E-state index in [0.29, 0.717) is 18.0 Å². The first-order valence-electron chi connectivity index (χ1n) is 7.06. The molecule has 0 aliphatic carbocycles. The molecule has 1 aliphatic heterocycles. The van der Waals surface area contributed by atoms with Gasteiger partial charge in [0.2, 0.25) is 5.91 Å². The van der Waals surface area contributed by atoms with Gasteiger partial charge in [0, 0.05) is 29.2 Å². The van der Waals surface area contributed by atoms with Crippen LogP contribution in [-0.4, -0.2) is 19.1 Å². The number of halogens is 1. The Morgan fingerprint density at radius 3 is 2.86 bits per heavy atom. The van der Waals surface area contributed by atoms with E-state index < -0.39 is 0 Å². The number of hydrogen-bond donors (Lipinski definition) is 1. The summed E-state index contributed by atoms with van der Waals surface area (Å²) in [4.78, 5) is 13.8. The third-order valence-corrected chi connectivity index (χ3v) is 4.24. The molecule has 1 atom stereocenters. The second-order valence-corrected chi connectivity index (χ2v) is 5.77. The van der Waals surface area contributed by atoms with Crippen LogP contribution in [-0.2, 0) is 17.8 Å². The molecule has 2 aromatic rings. The van der Waals surface area contributed by atoms with Crippen LogP contribution in [0, 0.1) is 0 Å². The van der Waals surface area contributed by atoms with Crippen molar-refractivity contribution < 1.29 is 9.53 Å². The normalized spacial score (nSPS) is 16.5. The van der Waals surface area contributed by atoms with Crippen molar-refractivity contribution in [1.82, 2.24) is 0 Å². The van der Waals surface area contributed by atoms with Crippen molar-refractivity contribution in [2.45, 2.75) is 19.0 Å². The lowest BCUT2D eigenvalue weighted by molar-refractivity contribution is -0.119. The Morgan fingerprint density at radius 2 is 2.14 bits per heavy atom. The van der Waals surface area contributed by atoms with Gasteiger partial charge in [0.25, 0.3) is 0 Å². The molecule has 114 valence electrons. The predicted molar refractivity (Wildman–Crippen MR) is 87.3 cm³/mol. The van der Waals surface area contributed by atoms with Crippen molar-refractivity contribution in [2.24, 2.45) is 5.73 Å².